The number of nitrogens with one attached hydrogen (secondary N) is 2. The largest absolute Gasteiger partial charge is 0.390 e. The number of rotatable bonds is 2. The van der Waals surface area contributed by atoms with Crippen LogP contribution in [0.15, 0.2) is 42.5 Å². The van der Waals surface area contributed by atoms with Gasteiger partial charge in [0.2, 0.25) is 0 Å². The molecule has 0 fully saturated rings. The van der Waals surface area contributed by atoms with Gasteiger partial charge in [-0.05, 0) is 35.7 Å². The SMILES string of the molecule is Cc1ccc(Cl)cc1NC(=O)N[C@@H]1c2ccccc2C[C@@H]1O. The van der Waals surface area contributed by atoms with Gasteiger partial charge in [0.25, 0.3) is 0 Å². The molecular formula is C17H17ClN2O2. The van der Waals surface area contributed by atoms with Crippen molar-refractivity contribution in [2.75, 3.05) is 5.32 Å². The third-order valence-electron chi connectivity index (χ3n) is 3.94. The lowest BCUT2D eigenvalue weighted by atomic mass is 10.1. The third kappa shape index (κ3) is 2.93. The molecule has 0 unspecified atom stereocenters. The van der Waals surface area contributed by atoms with E-state index in [1.807, 2.05) is 37.3 Å². The Morgan fingerprint density at radius 1 is 1.27 bits per heavy atom. The minimum Gasteiger partial charge on any atom is -0.390 e. The molecule has 0 aromatic heterocycles. The van der Waals surface area contributed by atoms with E-state index < -0.39 is 12.1 Å². The Morgan fingerprint density at radius 3 is 2.86 bits per heavy atom. The summed E-state index contributed by atoms with van der Waals surface area (Å²) in [4.78, 5) is 12.2. The van der Waals surface area contributed by atoms with Crippen LogP contribution >= 0.6 is 11.6 Å². The molecule has 3 N–H and O–H groups in total. The zero-order valence-corrected chi connectivity index (χ0v) is 12.9. The first-order valence-electron chi connectivity index (χ1n) is 7.14. The Bertz CT molecular complexity index is 718. The van der Waals surface area contributed by atoms with Gasteiger partial charge >= 0.3 is 6.03 Å². The van der Waals surface area contributed by atoms with Crippen LogP contribution in [0.2, 0.25) is 5.02 Å². The van der Waals surface area contributed by atoms with E-state index in [-0.39, 0.29) is 6.03 Å². The molecule has 3 rings (SSSR count). The van der Waals surface area contributed by atoms with Crippen molar-refractivity contribution in [1.82, 2.24) is 5.32 Å². The van der Waals surface area contributed by atoms with Crippen LogP contribution in [-0.4, -0.2) is 17.2 Å². The number of anilines is 1. The van der Waals surface area contributed by atoms with Gasteiger partial charge in [0.05, 0.1) is 12.1 Å². The average molecular weight is 317 g/mol. The first-order chi connectivity index (χ1) is 10.5. The standard InChI is InChI=1S/C17H17ClN2O2/c1-10-6-7-12(18)9-14(10)19-17(22)20-16-13-5-3-2-4-11(13)8-15(16)21/h2-7,9,15-16,21H,8H2,1H3,(H2,19,20,22)/t15-,16+/m0/s1. The summed E-state index contributed by atoms with van der Waals surface area (Å²) in [6.07, 6.45) is -0.0549. The number of benzene rings is 2. The highest BCUT2D eigenvalue weighted by Crippen LogP contribution is 2.31. The van der Waals surface area contributed by atoms with Crippen molar-refractivity contribution in [2.24, 2.45) is 0 Å². The van der Waals surface area contributed by atoms with Gasteiger partial charge in [0.1, 0.15) is 0 Å². The number of urea groups is 1. The molecule has 2 aromatic carbocycles. The fraction of sp³-hybridized carbons (Fsp3) is 0.235. The summed E-state index contributed by atoms with van der Waals surface area (Å²) in [5.74, 6) is 0. The van der Waals surface area contributed by atoms with E-state index in [0.29, 0.717) is 17.1 Å². The molecule has 1 aliphatic carbocycles. The molecule has 0 bridgehead atoms. The molecule has 2 aromatic rings. The summed E-state index contributed by atoms with van der Waals surface area (Å²) in [5.41, 5.74) is 3.62. The monoisotopic (exact) mass is 316 g/mol. The van der Waals surface area contributed by atoms with Gasteiger partial charge in [-0.1, -0.05) is 41.9 Å². The molecule has 22 heavy (non-hydrogen) atoms. The van der Waals surface area contributed by atoms with Gasteiger partial charge in [-0.3, -0.25) is 0 Å². The Hall–Kier alpha value is -2.04. The number of carbonyl (C=O) groups is 1. The molecule has 4 nitrogen and oxygen atoms in total. The van der Waals surface area contributed by atoms with Gasteiger partial charge < -0.3 is 15.7 Å². The lowest BCUT2D eigenvalue weighted by molar-refractivity contribution is 0.144. The van der Waals surface area contributed by atoms with Crippen LogP contribution in [0.25, 0.3) is 0 Å². The van der Waals surface area contributed by atoms with E-state index in [9.17, 15) is 9.90 Å². The predicted molar refractivity (Wildman–Crippen MR) is 87.2 cm³/mol. The number of aryl methyl sites for hydroxylation is 1. The maximum absolute atomic E-state index is 12.2. The topological polar surface area (TPSA) is 61.4 Å². The van der Waals surface area contributed by atoms with Crippen molar-refractivity contribution in [1.29, 1.82) is 0 Å². The number of fused-ring (bicyclic) bond motifs is 1. The van der Waals surface area contributed by atoms with Crippen LogP contribution < -0.4 is 10.6 Å². The van der Waals surface area contributed by atoms with E-state index in [1.165, 1.54) is 0 Å². The van der Waals surface area contributed by atoms with Crippen LogP contribution in [0.3, 0.4) is 0 Å². The molecule has 0 saturated carbocycles. The maximum atomic E-state index is 12.2. The van der Waals surface area contributed by atoms with Crippen molar-refractivity contribution < 1.29 is 9.90 Å². The third-order valence-corrected chi connectivity index (χ3v) is 4.17. The summed E-state index contributed by atoms with van der Waals surface area (Å²) in [5, 5.41) is 16.3. The highest BCUT2D eigenvalue weighted by Gasteiger charge is 2.31. The molecule has 0 saturated heterocycles. The molecule has 2 amide bonds. The fourth-order valence-corrected chi connectivity index (χ4v) is 2.95. The van der Waals surface area contributed by atoms with E-state index >= 15 is 0 Å². The number of carbonyl (C=O) groups excluding carboxylic acids is 1. The van der Waals surface area contributed by atoms with Crippen LogP contribution in [0.1, 0.15) is 22.7 Å². The molecule has 114 valence electrons. The summed E-state index contributed by atoms with van der Waals surface area (Å²) in [6.45, 7) is 1.89. The second-order valence-corrected chi connectivity index (χ2v) is 5.94. The van der Waals surface area contributed by atoms with Crippen LogP contribution in [0, 0.1) is 6.92 Å². The summed E-state index contributed by atoms with van der Waals surface area (Å²) < 4.78 is 0. The number of amides is 2. The molecular weight excluding hydrogens is 300 g/mol. The van der Waals surface area contributed by atoms with E-state index in [2.05, 4.69) is 10.6 Å². The quantitative estimate of drug-likeness (QED) is 0.795. The van der Waals surface area contributed by atoms with Gasteiger partial charge in [0, 0.05) is 17.1 Å². The van der Waals surface area contributed by atoms with Gasteiger partial charge in [-0.15, -0.1) is 0 Å². The average Bonchev–Trinajstić information content (AvgIpc) is 2.79. The fourth-order valence-electron chi connectivity index (χ4n) is 2.78. The van der Waals surface area contributed by atoms with Crippen LogP contribution in [-0.2, 0) is 6.42 Å². The summed E-state index contributed by atoms with van der Waals surface area (Å²) in [6, 6.07) is 12.3. The van der Waals surface area contributed by atoms with Crippen molar-refractivity contribution in [2.45, 2.75) is 25.5 Å². The lowest BCUT2D eigenvalue weighted by Crippen LogP contribution is -2.36. The van der Waals surface area contributed by atoms with Crippen molar-refractivity contribution in [3.05, 3.63) is 64.2 Å². The van der Waals surface area contributed by atoms with Gasteiger partial charge in [-0.2, -0.15) is 0 Å². The van der Waals surface area contributed by atoms with Crippen molar-refractivity contribution >= 4 is 23.3 Å². The summed E-state index contributed by atoms with van der Waals surface area (Å²) >= 11 is 5.95. The Labute approximate surface area is 134 Å². The normalized spacial score (nSPS) is 19.6. The molecule has 0 aliphatic heterocycles. The van der Waals surface area contributed by atoms with Crippen LogP contribution in [0.4, 0.5) is 10.5 Å². The maximum Gasteiger partial charge on any atom is 0.319 e. The Morgan fingerprint density at radius 2 is 2.05 bits per heavy atom. The second-order valence-electron chi connectivity index (χ2n) is 5.51. The van der Waals surface area contributed by atoms with Gasteiger partial charge in [0.15, 0.2) is 0 Å². The van der Waals surface area contributed by atoms with E-state index in [1.54, 1.807) is 12.1 Å². The molecule has 5 heteroatoms. The highest BCUT2D eigenvalue weighted by molar-refractivity contribution is 6.31. The molecule has 2 atom stereocenters. The van der Waals surface area contributed by atoms with E-state index in [4.69, 9.17) is 11.6 Å². The zero-order valence-electron chi connectivity index (χ0n) is 12.1. The van der Waals surface area contributed by atoms with Crippen molar-refractivity contribution in [3.8, 4) is 0 Å². The smallest absolute Gasteiger partial charge is 0.319 e. The Kier molecular flexibility index (Phi) is 4.05. The number of aliphatic hydroxyl groups is 1. The minimum absolute atomic E-state index is 0.355. The van der Waals surface area contributed by atoms with Crippen LogP contribution in [0.5, 0.6) is 0 Å². The predicted octanol–water partition coefficient (Wildman–Crippen LogP) is 3.43. The Balaban J connectivity index is 1.73. The number of halogens is 1. The molecule has 0 spiro atoms. The first kappa shape index (κ1) is 14.9. The zero-order chi connectivity index (χ0) is 15.7. The first-order valence-corrected chi connectivity index (χ1v) is 7.52. The highest BCUT2D eigenvalue weighted by atomic mass is 35.5. The molecule has 0 radical (unpaired) electrons. The van der Waals surface area contributed by atoms with E-state index in [0.717, 1.165) is 16.7 Å². The second kappa shape index (κ2) is 5.99. The van der Waals surface area contributed by atoms with Crippen molar-refractivity contribution in [3.63, 3.8) is 0 Å². The molecule has 1 aliphatic rings. The number of hydrogen-bond donors (Lipinski definition) is 3. The lowest BCUT2D eigenvalue weighted by Gasteiger charge is -2.19. The number of aliphatic hydroxyl groups excluding tert-OH is 1. The van der Waals surface area contributed by atoms with Gasteiger partial charge in [-0.25, -0.2) is 4.79 Å². The minimum atomic E-state index is -0.608. The number of hydrogen-bond acceptors (Lipinski definition) is 2. The molecule has 0 heterocycles. The summed E-state index contributed by atoms with van der Waals surface area (Å²) in [7, 11) is 0.